The number of rotatable bonds is 5. The molecule has 4 heteroatoms. The second-order valence-corrected chi connectivity index (χ2v) is 12.8. The van der Waals surface area contributed by atoms with E-state index in [1.807, 2.05) is 36.4 Å². The van der Waals surface area contributed by atoms with Gasteiger partial charge in [0.05, 0.1) is 33.6 Å². The molecule has 0 amide bonds. The van der Waals surface area contributed by atoms with Gasteiger partial charge in [-0.1, -0.05) is 140 Å². The van der Waals surface area contributed by atoms with Crippen LogP contribution >= 0.6 is 0 Å². The van der Waals surface area contributed by atoms with Crippen LogP contribution in [0.4, 0.5) is 0 Å². The van der Waals surface area contributed by atoms with Gasteiger partial charge >= 0.3 is 0 Å². The van der Waals surface area contributed by atoms with Crippen molar-refractivity contribution in [3.8, 4) is 50.8 Å². The lowest BCUT2D eigenvalue weighted by molar-refractivity contribution is 1.16. The number of fused-ring (bicyclic) bond motifs is 7. The Labute approximate surface area is 295 Å². The van der Waals surface area contributed by atoms with Crippen LogP contribution in [0.2, 0.25) is 0 Å². The number of hydrogen-bond acceptors (Lipinski definition) is 3. The smallest absolute Gasteiger partial charge is 0.160 e. The van der Waals surface area contributed by atoms with E-state index in [0.717, 1.165) is 61.6 Å². The molecular weight excluding hydrogens is 621 g/mol. The maximum absolute atomic E-state index is 5.41. The fourth-order valence-electron chi connectivity index (χ4n) is 7.42. The molecule has 0 fully saturated rings. The number of para-hydroxylation sites is 1. The quantitative estimate of drug-likeness (QED) is 0.174. The second-order valence-electron chi connectivity index (χ2n) is 12.8. The number of pyridine rings is 1. The summed E-state index contributed by atoms with van der Waals surface area (Å²) in [6.45, 7) is 0. The van der Waals surface area contributed by atoms with E-state index in [4.69, 9.17) is 15.0 Å². The SMILES string of the molecule is c1ccc(-c2cc(-c3ccccc3)nc(-c3ccc(-n4c5ccccc5c5c6c(ccc7ccccc76)nc(-c6ccccc6)c54)cc3)n2)cc1. The molecule has 238 valence electrons. The van der Waals surface area contributed by atoms with Gasteiger partial charge in [0.25, 0.3) is 0 Å². The van der Waals surface area contributed by atoms with Gasteiger partial charge in [0, 0.05) is 44.1 Å². The molecule has 0 saturated heterocycles. The molecule has 0 aliphatic rings. The Hall–Kier alpha value is -6.91. The van der Waals surface area contributed by atoms with Crippen molar-refractivity contribution in [2.45, 2.75) is 0 Å². The molecule has 0 spiro atoms. The molecule has 0 bridgehead atoms. The average molecular weight is 651 g/mol. The van der Waals surface area contributed by atoms with Gasteiger partial charge in [-0.2, -0.15) is 0 Å². The van der Waals surface area contributed by atoms with Crippen LogP contribution in [0.1, 0.15) is 0 Å². The van der Waals surface area contributed by atoms with E-state index in [-0.39, 0.29) is 0 Å². The highest BCUT2D eigenvalue weighted by molar-refractivity contribution is 6.29. The molecule has 7 aromatic carbocycles. The van der Waals surface area contributed by atoms with Crippen molar-refractivity contribution in [1.29, 1.82) is 0 Å². The van der Waals surface area contributed by atoms with Gasteiger partial charge < -0.3 is 4.57 Å². The van der Waals surface area contributed by atoms with Crippen molar-refractivity contribution in [3.63, 3.8) is 0 Å². The molecule has 10 aromatic rings. The van der Waals surface area contributed by atoms with Gasteiger partial charge in [0.2, 0.25) is 0 Å². The maximum atomic E-state index is 5.41. The molecular formula is C47H30N4. The Balaban J connectivity index is 1.22. The van der Waals surface area contributed by atoms with Gasteiger partial charge in [-0.15, -0.1) is 0 Å². The van der Waals surface area contributed by atoms with Crippen molar-refractivity contribution < 1.29 is 0 Å². The van der Waals surface area contributed by atoms with E-state index < -0.39 is 0 Å². The largest absolute Gasteiger partial charge is 0.307 e. The van der Waals surface area contributed by atoms with Crippen LogP contribution in [0.5, 0.6) is 0 Å². The van der Waals surface area contributed by atoms with Crippen molar-refractivity contribution >= 4 is 43.5 Å². The first kappa shape index (κ1) is 29.0. The summed E-state index contributed by atoms with van der Waals surface area (Å²) in [5.41, 5.74) is 11.1. The minimum Gasteiger partial charge on any atom is -0.307 e. The van der Waals surface area contributed by atoms with Crippen molar-refractivity contribution in [2.24, 2.45) is 0 Å². The van der Waals surface area contributed by atoms with E-state index >= 15 is 0 Å². The number of nitrogens with zero attached hydrogens (tertiary/aromatic N) is 4. The summed E-state index contributed by atoms with van der Waals surface area (Å²) < 4.78 is 2.38. The molecule has 0 aliphatic heterocycles. The minimum absolute atomic E-state index is 0.688. The molecule has 0 radical (unpaired) electrons. The molecule has 0 saturated carbocycles. The fraction of sp³-hybridized carbons (Fsp3) is 0. The first-order valence-electron chi connectivity index (χ1n) is 17.2. The van der Waals surface area contributed by atoms with Gasteiger partial charge in [-0.3, -0.25) is 0 Å². The Bertz CT molecular complexity index is 2820. The van der Waals surface area contributed by atoms with Crippen LogP contribution < -0.4 is 0 Å². The highest BCUT2D eigenvalue weighted by atomic mass is 15.0. The second kappa shape index (κ2) is 11.9. The van der Waals surface area contributed by atoms with Gasteiger partial charge in [0.15, 0.2) is 5.82 Å². The number of hydrogen-bond donors (Lipinski definition) is 0. The third-order valence-corrected chi connectivity index (χ3v) is 9.78. The highest BCUT2D eigenvalue weighted by Gasteiger charge is 2.22. The topological polar surface area (TPSA) is 43.6 Å². The lowest BCUT2D eigenvalue weighted by Crippen LogP contribution is -1.99. The summed E-state index contributed by atoms with van der Waals surface area (Å²) in [6.07, 6.45) is 0. The normalized spacial score (nSPS) is 11.5. The molecule has 0 aliphatic carbocycles. The summed E-state index contributed by atoms with van der Waals surface area (Å²) in [7, 11) is 0. The van der Waals surface area contributed by atoms with Crippen LogP contribution in [0, 0.1) is 0 Å². The van der Waals surface area contributed by atoms with Gasteiger partial charge in [-0.25, -0.2) is 15.0 Å². The average Bonchev–Trinajstić information content (AvgIpc) is 3.56. The van der Waals surface area contributed by atoms with Crippen LogP contribution in [0.25, 0.3) is 94.3 Å². The molecule has 51 heavy (non-hydrogen) atoms. The minimum atomic E-state index is 0.688. The third-order valence-electron chi connectivity index (χ3n) is 9.78. The molecule has 0 atom stereocenters. The zero-order valence-electron chi connectivity index (χ0n) is 27.6. The first-order chi connectivity index (χ1) is 25.3. The fourth-order valence-corrected chi connectivity index (χ4v) is 7.42. The predicted molar refractivity (Wildman–Crippen MR) is 211 cm³/mol. The molecule has 4 nitrogen and oxygen atoms in total. The highest BCUT2D eigenvalue weighted by Crippen LogP contribution is 2.43. The van der Waals surface area contributed by atoms with Crippen molar-refractivity contribution in [3.05, 3.63) is 182 Å². The zero-order valence-corrected chi connectivity index (χ0v) is 27.6. The standard InChI is InChI=1S/C47H30N4/c1-4-15-32(16-5-1)40-30-41(33-17-6-2-7-18-33)50-47(49-40)35-24-27-36(28-25-35)51-42-23-13-12-22-38(42)44-43-37-21-11-10-14-31(37)26-29-39(43)48-45(46(44)51)34-19-8-3-9-20-34/h1-30H. The molecule has 10 rings (SSSR count). The van der Waals surface area contributed by atoms with E-state index in [1.165, 1.54) is 26.9 Å². The predicted octanol–water partition coefficient (Wildman–Crippen LogP) is 11.9. The molecule has 3 heterocycles. The van der Waals surface area contributed by atoms with Crippen LogP contribution in [0.3, 0.4) is 0 Å². The summed E-state index contributed by atoms with van der Waals surface area (Å²) >= 11 is 0. The van der Waals surface area contributed by atoms with E-state index in [1.54, 1.807) is 0 Å². The van der Waals surface area contributed by atoms with E-state index in [9.17, 15) is 0 Å². The summed E-state index contributed by atoms with van der Waals surface area (Å²) in [5.74, 6) is 0.688. The Morgan fingerprint density at radius 3 is 1.63 bits per heavy atom. The lowest BCUT2D eigenvalue weighted by Gasteiger charge is -2.14. The Morgan fingerprint density at radius 1 is 0.392 bits per heavy atom. The zero-order chi connectivity index (χ0) is 33.7. The molecule has 0 N–H and O–H groups in total. The first-order valence-corrected chi connectivity index (χ1v) is 17.2. The van der Waals surface area contributed by atoms with Crippen LogP contribution in [-0.4, -0.2) is 19.5 Å². The van der Waals surface area contributed by atoms with E-state index in [0.29, 0.717) is 5.82 Å². The van der Waals surface area contributed by atoms with E-state index in [2.05, 4.69) is 150 Å². The van der Waals surface area contributed by atoms with Gasteiger partial charge in [-0.05, 0) is 53.2 Å². The summed E-state index contributed by atoms with van der Waals surface area (Å²) in [6, 6.07) is 63.6. The number of aromatic nitrogens is 4. The van der Waals surface area contributed by atoms with Crippen LogP contribution in [-0.2, 0) is 0 Å². The third kappa shape index (κ3) is 4.88. The maximum Gasteiger partial charge on any atom is 0.160 e. The van der Waals surface area contributed by atoms with Crippen molar-refractivity contribution in [2.75, 3.05) is 0 Å². The van der Waals surface area contributed by atoms with Crippen molar-refractivity contribution in [1.82, 2.24) is 19.5 Å². The Morgan fingerprint density at radius 2 is 0.961 bits per heavy atom. The molecule has 3 aromatic heterocycles. The Kier molecular flexibility index (Phi) is 6.78. The van der Waals surface area contributed by atoms with Crippen LogP contribution in [0.15, 0.2) is 182 Å². The monoisotopic (exact) mass is 650 g/mol. The molecule has 0 unspecified atom stereocenters. The lowest BCUT2D eigenvalue weighted by atomic mass is 9.98. The summed E-state index contributed by atoms with van der Waals surface area (Å²) in [5, 5.41) is 5.99. The van der Waals surface area contributed by atoms with Gasteiger partial charge in [0.1, 0.15) is 0 Å². The summed E-state index contributed by atoms with van der Waals surface area (Å²) in [4.78, 5) is 15.6. The number of benzene rings is 7.